The lowest BCUT2D eigenvalue weighted by Crippen LogP contribution is -2.45. The summed E-state index contributed by atoms with van der Waals surface area (Å²) in [6.07, 6.45) is 3.86. The van der Waals surface area contributed by atoms with Gasteiger partial charge in [-0.15, -0.1) is 0 Å². The van der Waals surface area contributed by atoms with Gasteiger partial charge in [0.05, 0.1) is 12.7 Å². The monoisotopic (exact) mass is 253 g/mol. The summed E-state index contributed by atoms with van der Waals surface area (Å²) in [6.45, 7) is 3.93. The van der Waals surface area contributed by atoms with Crippen molar-refractivity contribution in [2.24, 2.45) is 0 Å². The van der Waals surface area contributed by atoms with Crippen LogP contribution in [0.4, 0.5) is 0 Å². The highest BCUT2D eigenvalue weighted by Gasteiger charge is 2.29. The summed E-state index contributed by atoms with van der Waals surface area (Å²) >= 11 is 6.07. The van der Waals surface area contributed by atoms with Gasteiger partial charge >= 0.3 is 0 Å². The molecule has 1 aromatic rings. The SMILES string of the molecule is CCCNC1CC(OCc2ccccc2Cl)C1. The van der Waals surface area contributed by atoms with E-state index in [0.717, 1.165) is 30.0 Å². The van der Waals surface area contributed by atoms with E-state index >= 15 is 0 Å². The molecule has 94 valence electrons. The van der Waals surface area contributed by atoms with Crippen molar-refractivity contribution in [3.63, 3.8) is 0 Å². The third-order valence-corrected chi connectivity index (χ3v) is 3.58. The molecule has 1 fully saturated rings. The van der Waals surface area contributed by atoms with Gasteiger partial charge in [-0.05, 0) is 37.4 Å². The zero-order valence-electron chi connectivity index (χ0n) is 10.3. The van der Waals surface area contributed by atoms with Crippen molar-refractivity contribution in [3.8, 4) is 0 Å². The molecule has 1 aliphatic carbocycles. The molecule has 1 saturated carbocycles. The first-order valence-electron chi connectivity index (χ1n) is 6.38. The smallest absolute Gasteiger partial charge is 0.0735 e. The van der Waals surface area contributed by atoms with Gasteiger partial charge in [-0.2, -0.15) is 0 Å². The van der Waals surface area contributed by atoms with Gasteiger partial charge in [0.15, 0.2) is 0 Å². The molecular formula is C14H20ClNO. The van der Waals surface area contributed by atoms with Crippen molar-refractivity contribution in [1.29, 1.82) is 0 Å². The van der Waals surface area contributed by atoms with Crippen molar-refractivity contribution in [3.05, 3.63) is 34.9 Å². The van der Waals surface area contributed by atoms with Crippen LogP contribution in [0, 0.1) is 0 Å². The first kappa shape index (κ1) is 12.9. The van der Waals surface area contributed by atoms with Crippen LogP contribution in [0.15, 0.2) is 24.3 Å². The van der Waals surface area contributed by atoms with Gasteiger partial charge in [0.25, 0.3) is 0 Å². The van der Waals surface area contributed by atoms with Gasteiger partial charge in [0.1, 0.15) is 0 Å². The van der Waals surface area contributed by atoms with E-state index in [2.05, 4.69) is 12.2 Å². The van der Waals surface area contributed by atoms with Gasteiger partial charge in [-0.3, -0.25) is 0 Å². The van der Waals surface area contributed by atoms with Crippen molar-refractivity contribution in [2.45, 2.75) is 44.9 Å². The summed E-state index contributed by atoms with van der Waals surface area (Å²) in [7, 11) is 0. The molecule has 0 amide bonds. The van der Waals surface area contributed by atoms with E-state index in [4.69, 9.17) is 16.3 Å². The maximum Gasteiger partial charge on any atom is 0.0735 e. The Morgan fingerprint density at radius 3 is 2.82 bits per heavy atom. The van der Waals surface area contributed by atoms with Gasteiger partial charge in [0.2, 0.25) is 0 Å². The number of rotatable bonds is 6. The molecule has 1 aromatic carbocycles. The molecule has 0 aromatic heterocycles. The first-order valence-corrected chi connectivity index (χ1v) is 6.75. The highest BCUT2D eigenvalue weighted by Crippen LogP contribution is 2.25. The van der Waals surface area contributed by atoms with Crippen LogP contribution in [0.25, 0.3) is 0 Å². The number of hydrogen-bond acceptors (Lipinski definition) is 2. The van der Waals surface area contributed by atoms with Crippen LogP contribution in [-0.4, -0.2) is 18.7 Å². The lowest BCUT2D eigenvalue weighted by Gasteiger charge is -2.35. The fourth-order valence-electron chi connectivity index (χ4n) is 2.04. The zero-order chi connectivity index (χ0) is 12.1. The summed E-state index contributed by atoms with van der Waals surface area (Å²) in [6, 6.07) is 8.53. The third-order valence-electron chi connectivity index (χ3n) is 3.21. The van der Waals surface area contributed by atoms with E-state index in [1.165, 1.54) is 6.42 Å². The van der Waals surface area contributed by atoms with E-state index < -0.39 is 0 Å². The number of halogens is 1. The van der Waals surface area contributed by atoms with Crippen molar-refractivity contribution < 1.29 is 4.74 Å². The molecule has 1 aliphatic rings. The number of nitrogens with one attached hydrogen (secondary N) is 1. The van der Waals surface area contributed by atoms with Crippen molar-refractivity contribution in [2.75, 3.05) is 6.54 Å². The fourth-order valence-corrected chi connectivity index (χ4v) is 2.23. The predicted molar refractivity (Wildman–Crippen MR) is 71.3 cm³/mol. The molecule has 0 bridgehead atoms. The average molecular weight is 254 g/mol. The normalized spacial score (nSPS) is 23.4. The van der Waals surface area contributed by atoms with E-state index in [0.29, 0.717) is 18.8 Å². The van der Waals surface area contributed by atoms with Crippen LogP contribution in [-0.2, 0) is 11.3 Å². The minimum Gasteiger partial charge on any atom is -0.373 e. The Morgan fingerprint density at radius 2 is 2.12 bits per heavy atom. The van der Waals surface area contributed by atoms with Crippen LogP contribution >= 0.6 is 11.6 Å². The molecule has 3 heteroatoms. The molecular weight excluding hydrogens is 234 g/mol. The highest BCUT2D eigenvalue weighted by atomic mass is 35.5. The van der Waals surface area contributed by atoms with Crippen molar-refractivity contribution >= 4 is 11.6 Å². The minimum atomic E-state index is 0.403. The molecule has 1 N–H and O–H groups in total. The van der Waals surface area contributed by atoms with E-state index in [1.54, 1.807) is 0 Å². The fraction of sp³-hybridized carbons (Fsp3) is 0.571. The summed E-state index contributed by atoms with van der Waals surface area (Å²) in [5, 5.41) is 4.30. The van der Waals surface area contributed by atoms with Crippen LogP contribution in [0.1, 0.15) is 31.7 Å². The van der Waals surface area contributed by atoms with E-state index in [-0.39, 0.29) is 0 Å². The molecule has 2 nitrogen and oxygen atoms in total. The van der Waals surface area contributed by atoms with Crippen LogP contribution in [0.2, 0.25) is 5.02 Å². The molecule has 2 rings (SSSR count). The Morgan fingerprint density at radius 1 is 1.35 bits per heavy atom. The Labute approximate surface area is 108 Å². The Hall–Kier alpha value is -0.570. The first-order chi connectivity index (χ1) is 8.29. The number of benzene rings is 1. The van der Waals surface area contributed by atoms with Crippen LogP contribution in [0.3, 0.4) is 0 Å². The summed E-state index contributed by atoms with van der Waals surface area (Å²) in [5.41, 5.74) is 1.08. The molecule has 0 heterocycles. The Balaban J connectivity index is 1.66. The molecule has 17 heavy (non-hydrogen) atoms. The van der Waals surface area contributed by atoms with Crippen LogP contribution in [0.5, 0.6) is 0 Å². The molecule has 0 spiro atoms. The van der Waals surface area contributed by atoms with Gasteiger partial charge < -0.3 is 10.1 Å². The number of ether oxygens (including phenoxy) is 1. The average Bonchev–Trinajstić information content (AvgIpc) is 2.28. The zero-order valence-corrected chi connectivity index (χ0v) is 11.0. The predicted octanol–water partition coefficient (Wildman–Crippen LogP) is 3.39. The van der Waals surface area contributed by atoms with Gasteiger partial charge in [0, 0.05) is 11.1 Å². The van der Waals surface area contributed by atoms with E-state index in [9.17, 15) is 0 Å². The second-order valence-electron chi connectivity index (χ2n) is 4.65. The topological polar surface area (TPSA) is 21.3 Å². The third kappa shape index (κ3) is 3.70. The Kier molecular flexibility index (Phi) is 4.84. The van der Waals surface area contributed by atoms with Crippen LogP contribution < -0.4 is 5.32 Å². The second-order valence-corrected chi connectivity index (χ2v) is 5.05. The molecule has 0 radical (unpaired) electrons. The highest BCUT2D eigenvalue weighted by molar-refractivity contribution is 6.31. The standard InChI is InChI=1S/C14H20ClNO/c1-2-7-16-12-8-13(9-12)17-10-11-5-3-4-6-14(11)15/h3-6,12-13,16H,2,7-10H2,1H3. The quantitative estimate of drug-likeness (QED) is 0.839. The van der Waals surface area contributed by atoms with Gasteiger partial charge in [-0.25, -0.2) is 0 Å². The second kappa shape index (κ2) is 6.39. The number of hydrogen-bond donors (Lipinski definition) is 1. The lowest BCUT2D eigenvalue weighted by molar-refractivity contribution is -0.0263. The van der Waals surface area contributed by atoms with Gasteiger partial charge in [-0.1, -0.05) is 36.7 Å². The van der Waals surface area contributed by atoms with E-state index in [1.807, 2.05) is 24.3 Å². The summed E-state index contributed by atoms with van der Waals surface area (Å²) < 4.78 is 5.83. The molecule has 0 aliphatic heterocycles. The Bertz CT molecular complexity index is 350. The molecule has 0 unspecified atom stereocenters. The minimum absolute atomic E-state index is 0.403. The summed E-state index contributed by atoms with van der Waals surface area (Å²) in [5.74, 6) is 0. The summed E-state index contributed by atoms with van der Waals surface area (Å²) in [4.78, 5) is 0. The largest absolute Gasteiger partial charge is 0.373 e. The maximum absolute atomic E-state index is 6.07. The van der Waals surface area contributed by atoms with Crippen molar-refractivity contribution in [1.82, 2.24) is 5.32 Å². The lowest BCUT2D eigenvalue weighted by atomic mass is 9.89. The maximum atomic E-state index is 6.07. The molecule has 0 atom stereocenters. The molecule has 0 saturated heterocycles.